The minimum absolute atomic E-state index is 0.0595. The van der Waals surface area contributed by atoms with Gasteiger partial charge in [0.05, 0.1) is 18.0 Å². The highest BCUT2D eigenvalue weighted by Crippen LogP contribution is 2.17. The zero-order valence-corrected chi connectivity index (χ0v) is 16.2. The lowest BCUT2D eigenvalue weighted by atomic mass is 10.2. The van der Waals surface area contributed by atoms with Gasteiger partial charge in [-0.25, -0.2) is 0 Å². The van der Waals surface area contributed by atoms with Crippen LogP contribution in [0.5, 0.6) is 0 Å². The summed E-state index contributed by atoms with van der Waals surface area (Å²) in [7, 11) is 0. The van der Waals surface area contributed by atoms with E-state index in [2.05, 4.69) is 15.5 Å². The van der Waals surface area contributed by atoms with E-state index >= 15 is 0 Å². The number of anilines is 1. The lowest BCUT2D eigenvalue weighted by Crippen LogP contribution is -2.16. The lowest BCUT2D eigenvalue weighted by molar-refractivity contribution is -0.385. The predicted molar refractivity (Wildman–Crippen MR) is 104 cm³/mol. The Kier molecular flexibility index (Phi) is 5.74. The highest BCUT2D eigenvalue weighted by molar-refractivity contribution is 6.30. The summed E-state index contributed by atoms with van der Waals surface area (Å²) < 4.78 is 3.23. The van der Waals surface area contributed by atoms with E-state index in [9.17, 15) is 14.9 Å². The molecule has 2 heterocycles. The summed E-state index contributed by atoms with van der Waals surface area (Å²) in [6.45, 7) is 4.29. The van der Waals surface area contributed by atoms with E-state index in [4.69, 9.17) is 11.6 Å². The molecule has 0 aliphatic heterocycles. The van der Waals surface area contributed by atoms with Gasteiger partial charge in [0.15, 0.2) is 5.82 Å². The van der Waals surface area contributed by atoms with Gasteiger partial charge < -0.3 is 5.32 Å². The highest BCUT2D eigenvalue weighted by atomic mass is 35.5. The van der Waals surface area contributed by atoms with E-state index in [1.165, 1.54) is 10.9 Å². The maximum Gasteiger partial charge on any atom is 0.309 e. The van der Waals surface area contributed by atoms with Crippen molar-refractivity contribution in [2.45, 2.75) is 33.4 Å². The van der Waals surface area contributed by atoms with Crippen molar-refractivity contribution in [3.63, 3.8) is 0 Å². The molecule has 10 heteroatoms. The summed E-state index contributed by atoms with van der Waals surface area (Å²) in [6.07, 6.45) is 1.31. The molecule has 146 valence electrons. The van der Waals surface area contributed by atoms with Crippen molar-refractivity contribution in [2.75, 3.05) is 5.32 Å². The molecule has 0 bridgehead atoms. The molecule has 1 aromatic carbocycles. The Hall–Kier alpha value is -3.20. The van der Waals surface area contributed by atoms with Crippen LogP contribution in [0.2, 0.25) is 5.02 Å². The average Bonchev–Trinajstić information content (AvgIpc) is 3.15. The molecule has 1 N–H and O–H groups in total. The van der Waals surface area contributed by atoms with Crippen LogP contribution in [0.3, 0.4) is 0 Å². The van der Waals surface area contributed by atoms with Crippen LogP contribution in [-0.4, -0.2) is 30.4 Å². The van der Waals surface area contributed by atoms with E-state index in [0.29, 0.717) is 23.1 Å². The summed E-state index contributed by atoms with van der Waals surface area (Å²) in [5.74, 6) is 0.206. The zero-order chi connectivity index (χ0) is 20.3. The molecule has 0 aliphatic carbocycles. The summed E-state index contributed by atoms with van der Waals surface area (Å²) in [4.78, 5) is 22.6. The summed E-state index contributed by atoms with van der Waals surface area (Å²) in [5, 5.41) is 22.6. The maximum atomic E-state index is 12.2. The normalized spacial score (nSPS) is 10.8. The molecule has 0 atom stereocenters. The molecule has 1 amide bonds. The number of benzene rings is 1. The van der Waals surface area contributed by atoms with Crippen LogP contribution in [0.15, 0.2) is 36.5 Å². The fraction of sp³-hybridized carbons (Fsp3) is 0.278. The van der Waals surface area contributed by atoms with Crippen molar-refractivity contribution in [3.8, 4) is 0 Å². The number of halogens is 1. The number of hydrogen-bond donors (Lipinski definition) is 1. The summed E-state index contributed by atoms with van der Waals surface area (Å²) >= 11 is 6.01. The van der Waals surface area contributed by atoms with Crippen molar-refractivity contribution in [3.05, 3.63) is 68.6 Å². The zero-order valence-electron chi connectivity index (χ0n) is 15.4. The second-order valence-corrected chi connectivity index (χ2v) is 6.79. The van der Waals surface area contributed by atoms with Gasteiger partial charge in [0.25, 0.3) is 0 Å². The van der Waals surface area contributed by atoms with Crippen LogP contribution < -0.4 is 5.32 Å². The third-order valence-corrected chi connectivity index (χ3v) is 4.53. The molecular weight excluding hydrogens is 384 g/mol. The minimum Gasteiger partial charge on any atom is -0.309 e. The van der Waals surface area contributed by atoms with Crippen LogP contribution in [0, 0.1) is 24.0 Å². The maximum absolute atomic E-state index is 12.2. The first-order valence-electron chi connectivity index (χ1n) is 8.59. The molecule has 3 rings (SSSR count). The predicted octanol–water partition coefficient (Wildman–Crippen LogP) is 3.34. The first-order chi connectivity index (χ1) is 13.3. The van der Waals surface area contributed by atoms with Crippen LogP contribution in [0.1, 0.15) is 23.4 Å². The molecule has 0 aliphatic rings. The second kappa shape index (κ2) is 8.22. The van der Waals surface area contributed by atoms with Gasteiger partial charge in [0.1, 0.15) is 11.9 Å². The monoisotopic (exact) mass is 402 g/mol. The van der Waals surface area contributed by atoms with Gasteiger partial charge in [-0.15, -0.1) is 0 Å². The Morgan fingerprint density at radius 2 is 2.07 bits per heavy atom. The standard InChI is InChI=1S/C18H19ClN6O3/c1-12-8-17(22-24(12)11-14-4-3-5-15(19)9-14)21-18(26)6-7-23-13(2)16(10-20-23)25(27)28/h3-5,8-10H,6-7,11H2,1-2H3,(H,21,22,26). The number of carbonyl (C=O) groups is 1. The van der Waals surface area contributed by atoms with Gasteiger partial charge in [-0.05, 0) is 31.5 Å². The molecule has 2 aromatic heterocycles. The number of nitrogens with zero attached hydrogens (tertiary/aromatic N) is 5. The first-order valence-corrected chi connectivity index (χ1v) is 8.97. The van der Waals surface area contributed by atoms with Crippen molar-refractivity contribution in [2.24, 2.45) is 0 Å². The molecular formula is C18H19ClN6O3. The third-order valence-electron chi connectivity index (χ3n) is 4.29. The molecule has 0 saturated carbocycles. The summed E-state index contributed by atoms with van der Waals surface area (Å²) in [5.41, 5.74) is 2.26. The Bertz CT molecular complexity index is 1030. The van der Waals surface area contributed by atoms with Crippen LogP contribution in [-0.2, 0) is 17.9 Å². The van der Waals surface area contributed by atoms with E-state index in [-0.39, 0.29) is 24.6 Å². The van der Waals surface area contributed by atoms with Crippen LogP contribution in [0.25, 0.3) is 0 Å². The van der Waals surface area contributed by atoms with Crippen molar-refractivity contribution in [1.82, 2.24) is 19.6 Å². The first kappa shape index (κ1) is 19.6. The van der Waals surface area contributed by atoms with Gasteiger partial charge in [-0.1, -0.05) is 23.7 Å². The SMILES string of the molecule is Cc1cc(NC(=O)CCn2ncc([N+](=O)[O-])c2C)nn1Cc1cccc(Cl)c1. The van der Waals surface area contributed by atoms with E-state index in [0.717, 1.165) is 11.3 Å². The Labute approximate surface area is 166 Å². The van der Waals surface area contributed by atoms with Crippen LogP contribution >= 0.6 is 11.6 Å². The van der Waals surface area contributed by atoms with Crippen molar-refractivity contribution in [1.29, 1.82) is 0 Å². The minimum atomic E-state index is -0.492. The topological polar surface area (TPSA) is 108 Å². The fourth-order valence-electron chi connectivity index (χ4n) is 2.79. The van der Waals surface area contributed by atoms with Gasteiger partial charge in [-0.2, -0.15) is 10.2 Å². The second-order valence-electron chi connectivity index (χ2n) is 6.35. The molecule has 0 spiro atoms. The van der Waals surface area contributed by atoms with Gasteiger partial charge in [0, 0.05) is 23.2 Å². The lowest BCUT2D eigenvalue weighted by Gasteiger charge is -2.05. The Morgan fingerprint density at radius 3 is 2.75 bits per heavy atom. The van der Waals surface area contributed by atoms with Crippen LogP contribution in [0.4, 0.5) is 11.5 Å². The molecule has 9 nitrogen and oxygen atoms in total. The van der Waals surface area contributed by atoms with Gasteiger partial charge >= 0.3 is 5.69 Å². The number of rotatable bonds is 7. The fourth-order valence-corrected chi connectivity index (χ4v) is 3.01. The van der Waals surface area contributed by atoms with E-state index in [1.807, 2.05) is 31.2 Å². The number of hydrogen-bond acceptors (Lipinski definition) is 5. The molecule has 0 fully saturated rings. The molecule has 0 saturated heterocycles. The van der Waals surface area contributed by atoms with E-state index in [1.54, 1.807) is 17.7 Å². The third kappa shape index (κ3) is 4.55. The van der Waals surface area contributed by atoms with E-state index < -0.39 is 4.92 Å². The number of aryl methyl sites for hydroxylation is 2. The largest absolute Gasteiger partial charge is 0.309 e. The number of aromatic nitrogens is 4. The smallest absolute Gasteiger partial charge is 0.309 e. The average molecular weight is 403 g/mol. The Balaban J connectivity index is 1.59. The number of carbonyl (C=O) groups excluding carboxylic acids is 1. The highest BCUT2D eigenvalue weighted by Gasteiger charge is 2.17. The van der Waals surface area contributed by atoms with Crippen molar-refractivity contribution < 1.29 is 9.72 Å². The van der Waals surface area contributed by atoms with Gasteiger partial charge in [0.2, 0.25) is 5.91 Å². The quantitative estimate of drug-likeness (QED) is 0.481. The molecule has 3 aromatic rings. The molecule has 0 radical (unpaired) electrons. The summed E-state index contributed by atoms with van der Waals surface area (Å²) in [6, 6.07) is 9.29. The number of amides is 1. The van der Waals surface area contributed by atoms with Crippen molar-refractivity contribution >= 4 is 29.0 Å². The Morgan fingerprint density at radius 1 is 1.29 bits per heavy atom. The molecule has 28 heavy (non-hydrogen) atoms. The molecule has 0 unspecified atom stereocenters. The number of nitrogens with one attached hydrogen (secondary N) is 1. The number of nitro groups is 1. The van der Waals surface area contributed by atoms with Gasteiger partial charge in [-0.3, -0.25) is 24.3 Å².